The number of methoxy groups -OCH3 is 2. The Hall–Kier alpha value is -3.30. The van der Waals surface area contributed by atoms with Crippen LogP contribution in [0.2, 0.25) is 0 Å². The quantitative estimate of drug-likeness (QED) is 0.380. The van der Waals surface area contributed by atoms with Crippen LogP contribution in [0.25, 0.3) is 11.3 Å². The number of carbonyl (C=O) groups excluding carboxylic acids is 2. The highest BCUT2D eigenvalue weighted by atomic mass is 32.1. The SMILES string of the molecule is CCOC(=O)C1C(=O)c2c(-c3ccccc3F)nsc2CN1Cc1ccc(OC)cc1OC. The van der Waals surface area contributed by atoms with Gasteiger partial charge in [-0.05, 0) is 36.7 Å². The average Bonchev–Trinajstić information content (AvgIpc) is 3.24. The van der Waals surface area contributed by atoms with Crippen LogP contribution in [0, 0.1) is 5.82 Å². The van der Waals surface area contributed by atoms with Gasteiger partial charge in [-0.1, -0.05) is 18.2 Å². The number of carbonyl (C=O) groups is 2. The molecule has 1 atom stereocenters. The Morgan fingerprint density at radius 2 is 2.00 bits per heavy atom. The van der Waals surface area contributed by atoms with E-state index in [1.807, 2.05) is 6.07 Å². The highest BCUT2D eigenvalue weighted by molar-refractivity contribution is 7.06. The van der Waals surface area contributed by atoms with E-state index < -0.39 is 23.6 Å². The number of benzene rings is 2. The summed E-state index contributed by atoms with van der Waals surface area (Å²) in [6.45, 7) is 2.36. The molecule has 2 aromatic carbocycles. The van der Waals surface area contributed by atoms with Gasteiger partial charge in [0.1, 0.15) is 17.3 Å². The monoisotopic (exact) mass is 470 g/mol. The van der Waals surface area contributed by atoms with Gasteiger partial charge in [0.15, 0.2) is 11.8 Å². The Labute approximate surface area is 194 Å². The second kappa shape index (κ2) is 9.68. The molecule has 0 N–H and O–H groups in total. The highest BCUT2D eigenvalue weighted by Gasteiger charge is 2.43. The molecule has 0 aliphatic carbocycles. The molecule has 4 rings (SSSR count). The van der Waals surface area contributed by atoms with Crippen molar-refractivity contribution in [2.45, 2.75) is 26.1 Å². The van der Waals surface area contributed by atoms with Gasteiger partial charge >= 0.3 is 5.97 Å². The van der Waals surface area contributed by atoms with Crippen molar-refractivity contribution in [3.63, 3.8) is 0 Å². The zero-order valence-corrected chi connectivity index (χ0v) is 19.3. The maximum absolute atomic E-state index is 14.5. The number of ether oxygens (including phenoxy) is 3. The molecular formula is C24H23FN2O5S. The lowest BCUT2D eigenvalue weighted by Gasteiger charge is -2.33. The molecule has 1 aliphatic heterocycles. The first-order chi connectivity index (χ1) is 16.0. The van der Waals surface area contributed by atoms with Crippen molar-refractivity contribution < 1.29 is 28.2 Å². The van der Waals surface area contributed by atoms with E-state index in [4.69, 9.17) is 14.2 Å². The van der Waals surface area contributed by atoms with Crippen LogP contribution in [-0.2, 0) is 22.6 Å². The third-order valence-corrected chi connectivity index (χ3v) is 6.30. The van der Waals surface area contributed by atoms with Gasteiger partial charge in [0, 0.05) is 30.3 Å². The second-order valence-corrected chi connectivity index (χ2v) is 8.27. The molecule has 0 saturated heterocycles. The van der Waals surface area contributed by atoms with Crippen LogP contribution in [0.1, 0.15) is 27.7 Å². The second-order valence-electron chi connectivity index (χ2n) is 7.41. The molecule has 0 amide bonds. The van der Waals surface area contributed by atoms with Gasteiger partial charge < -0.3 is 14.2 Å². The number of fused-ring (bicyclic) bond motifs is 1. The van der Waals surface area contributed by atoms with Gasteiger partial charge in [-0.3, -0.25) is 9.69 Å². The molecule has 0 spiro atoms. The van der Waals surface area contributed by atoms with Crippen molar-refractivity contribution in [2.75, 3.05) is 20.8 Å². The summed E-state index contributed by atoms with van der Waals surface area (Å²) in [5, 5.41) is 0. The third-order valence-electron chi connectivity index (χ3n) is 5.48. The molecule has 9 heteroatoms. The molecule has 7 nitrogen and oxygen atoms in total. The van der Waals surface area contributed by atoms with E-state index in [9.17, 15) is 14.0 Å². The minimum Gasteiger partial charge on any atom is -0.497 e. The first kappa shape index (κ1) is 22.9. The van der Waals surface area contributed by atoms with Crippen molar-refractivity contribution in [3.05, 3.63) is 64.3 Å². The number of ketones is 1. The number of aromatic nitrogens is 1. The zero-order valence-electron chi connectivity index (χ0n) is 18.5. The van der Waals surface area contributed by atoms with Crippen LogP contribution in [0.5, 0.6) is 11.5 Å². The maximum atomic E-state index is 14.5. The summed E-state index contributed by atoms with van der Waals surface area (Å²) in [5.41, 5.74) is 1.55. The molecule has 0 saturated carbocycles. The average molecular weight is 471 g/mol. The highest BCUT2D eigenvalue weighted by Crippen LogP contribution is 2.37. The number of esters is 1. The standard InChI is InChI=1S/C24H23FN2O5S/c1-4-32-24(29)22-23(28)20-19(33-26-21(20)16-7-5-6-8-17(16)25)13-27(22)12-14-9-10-15(30-2)11-18(14)31-3/h5-11,22H,4,12-13H2,1-3H3. The Morgan fingerprint density at radius 1 is 1.21 bits per heavy atom. The fourth-order valence-corrected chi connectivity index (χ4v) is 4.83. The van der Waals surface area contributed by atoms with Crippen LogP contribution < -0.4 is 9.47 Å². The molecule has 0 bridgehead atoms. The smallest absolute Gasteiger partial charge is 0.331 e. The third kappa shape index (κ3) is 4.34. The number of rotatable bonds is 7. The fourth-order valence-electron chi connectivity index (χ4n) is 3.93. The van der Waals surface area contributed by atoms with Crippen LogP contribution >= 0.6 is 11.5 Å². The lowest BCUT2D eigenvalue weighted by molar-refractivity contribution is -0.148. The van der Waals surface area contributed by atoms with Gasteiger partial charge in [0.2, 0.25) is 0 Å². The lowest BCUT2D eigenvalue weighted by Crippen LogP contribution is -2.50. The van der Waals surface area contributed by atoms with Crippen molar-refractivity contribution in [2.24, 2.45) is 0 Å². The minimum absolute atomic E-state index is 0.136. The summed E-state index contributed by atoms with van der Waals surface area (Å²) in [7, 11) is 3.11. The van der Waals surface area contributed by atoms with Crippen LogP contribution in [0.3, 0.4) is 0 Å². The van der Waals surface area contributed by atoms with Crippen LogP contribution in [0.15, 0.2) is 42.5 Å². The van der Waals surface area contributed by atoms with E-state index in [0.717, 1.165) is 17.1 Å². The Morgan fingerprint density at radius 3 is 2.70 bits per heavy atom. The molecular weight excluding hydrogens is 447 g/mol. The van der Waals surface area contributed by atoms with E-state index in [1.165, 1.54) is 6.07 Å². The summed E-state index contributed by atoms with van der Waals surface area (Å²) in [6.07, 6.45) is 0. The minimum atomic E-state index is -1.17. The Kier molecular flexibility index (Phi) is 6.71. The summed E-state index contributed by atoms with van der Waals surface area (Å²) in [5.74, 6) is -0.366. The van der Waals surface area contributed by atoms with Crippen molar-refractivity contribution in [1.82, 2.24) is 9.27 Å². The Balaban J connectivity index is 1.75. The molecule has 1 aromatic heterocycles. The van der Waals surface area contributed by atoms with Gasteiger partial charge in [0.05, 0.1) is 37.0 Å². The normalized spacial score (nSPS) is 15.8. The first-order valence-corrected chi connectivity index (χ1v) is 11.1. The van der Waals surface area contributed by atoms with Crippen LogP contribution in [-0.4, -0.2) is 47.9 Å². The van der Waals surface area contributed by atoms with Gasteiger partial charge in [-0.15, -0.1) is 0 Å². The van der Waals surface area contributed by atoms with Gasteiger partial charge in [-0.25, -0.2) is 9.18 Å². The molecule has 1 unspecified atom stereocenters. The molecule has 172 valence electrons. The van der Waals surface area contributed by atoms with E-state index in [0.29, 0.717) is 16.4 Å². The number of hydrogen-bond acceptors (Lipinski definition) is 8. The largest absolute Gasteiger partial charge is 0.497 e. The summed E-state index contributed by atoms with van der Waals surface area (Å²) in [6, 6.07) is 10.3. The molecule has 0 fully saturated rings. The van der Waals surface area contributed by atoms with Crippen molar-refractivity contribution in [1.29, 1.82) is 0 Å². The molecule has 3 aromatic rings. The van der Waals surface area contributed by atoms with Crippen LogP contribution in [0.4, 0.5) is 4.39 Å². The maximum Gasteiger partial charge on any atom is 0.331 e. The molecule has 1 aliphatic rings. The number of nitrogens with zero attached hydrogens (tertiary/aromatic N) is 2. The lowest BCUT2D eigenvalue weighted by atomic mass is 9.93. The summed E-state index contributed by atoms with van der Waals surface area (Å²) in [4.78, 5) is 28.9. The number of Topliss-reactive ketones (excluding diaryl/α,β-unsaturated/α-hetero) is 1. The first-order valence-electron chi connectivity index (χ1n) is 10.4. The van der Waals surface area contributed by atoms with E-state index >= 15 is 0 Å². The molecule has 33 heavy (non-hydrogen) atoms. The molecule has 2 heterocycles. The van der Waals surface area contributed by atoms with Crippen molar-refractivity contribution >= 4 is 23.3 Å². The predicted molar refractivity (Wildman–Crippen MR) is 121 cm³/mol. The summed E-state index contributed by atoms with van der Waals surface area (Å²) < 4.78 is 34.8. The number of hydrogen-bond donors (Lipinski definition) is 0. The van der Waals surface area contributed by atoms with Crippen molar-refractivity contribution in [3.8, 4) is 22.8 Å². The van der Waals surface area contributed by atoms with Gasteiger partial charge in [0.25, 0.3) is 0 Å². The summed E-state index contributed by atoms with van der Waals surface area (Å²) >= 11 is 1.13. The van der Waals surface area contributed by atoms with E-state index in [1.54, 1.807) is 56.4 Å². The predicted octanol–water partition coefficient (Wildman–Crippen LogP) is 4.10. The zero-order chi connectivity index (χ0) is 23.5. The molecule has 0 radical (unpaired) electrons. The van der Waals surface area contributed by atoms with Gasteiger partial charge in [-0.2, -0.15) is 4.37 Å². The topological polar surface area (TPSA) is 78.0 Å². The fraction of sp³-hybridized carbons (Fsp3) is 0.292. The van der Waals surface area contributed by atoms with E-state index in [2.05, 4.69) is 4.37 Å². The number of halogens is 1. The van der Waals surface area contributed by atoms with E-state index in [-0.39, 0.29) is 36.5 Å². The Bertz CT molecular complexity index is 1200.